The molecule has 0 saturated heterocycles. The van der Waals surface area contributed by atoms with Gasteiger partial charge in [-0.05, 0) is 66.5 Å². The summed E-state index contributed by atoms with van der Waals surface area (Å²) in [6.07, 6.45) is 4.46. The lowest BCUT2D eigenvalue weighted by Crippen LogP contribution is -2.31. The predicted octanol–water partition coefficient (Wildman–Crippen LogP) is 6.33. The van der Waals surface area contributed by atoms with E-state index in [-0.39, 0.29) is 5.97 Å². The first-order valence-corrected chi connectivity index (χ1v) is 13.0. The molecule has 3 aromatic carbocycles. The van der Waals surface area contributed by atoms with E-state index in [1.54, 1.807) is 0 Å². The van der Waals surface area contributed by atoms with Crippen molar-refractivity contribution in [3.63, 3.8) is 0 Å². The molecule has 0 aromatic heterocycles. The molecule has 0 N–H and O–H groups in total. The maximum absolute atomic E-state index is 11.8. The Kier molecular flexibility index (Phi) is 8.46. The Bertz CT molecular complexity index is 1130. The van der Waals surface area contributed by atoms with Gasteiger partial charge in [0.1, 0.15) is 0 Å². The van der Waals surface area contributed by atoms with Crippen molar-refractivity contribution < 1.29 is 9.53 Å². The van der Waals surface area contributed by atoms with Crippen LogP contribution in [0.5, 0.6) is 0 Å². The second kappa shape index (κ2) is 11.9. The van der Waals surface area contributed by atoms with E-state index in [0.29, 0.717) is 13.0 Å². The number of nitrogens with zero attached hydrogens (tertiary/aromatic N) is 2. The number of carbonyl (C=O) groups excluding carboxylic acids is 1. The second-order valence-electron chi connectivity index (χ2n) is 9.41. The zero-order valence-corrected chi connectivity index (χ0v) is 21.4. The number of anilines is 2. The summed E-state index contributed by atoms with van der Waals surface area (Å²) in [4.78, 5) is 16.7. The maximum atomic E-state index is 11.8. The molecular formula is C31H38N2O2. The number of hydrogen-bond donors (Lipinski definition) is 0. The highest BCUT2D eigenvalue weighted by Gasteiger charge is 2.22. The van der Waals surface area contributed by atoms with Crippen LogP contribution in [0.1, 0.15) is 54.5 Å². The minimum Gasteiger partial charge on any atom is -0.466 e. The topological polar surface area (TPSA) is 32.8 Å². The lowest BCUT2D eigenvalue weighted by Gasteiger charge is -2.36. The van der Waals surface area contributed by atoms with E-state index >= 15 is 0 Å². The fraction of sp³-hybridized carbons (Fsp3) is 0.387. The van der Waals surface area contributed by atoms with Gasteiger partial charge in [0.25, 0.3) is 0 Å². The van der Waals surface area contributed by atoms with Gasteiger partial charge in [0.05, 0.1) is 18.0 Å². The normalized spacial score (nSPS) is 12.8. The van der Waals surface area contributed by atoms with Crippen LogP contribution in [0.25, 0.3) is 0 Å². The summed E-state index contributed by atoms with van der Waals surface area (Å²) in [5.74, 6) is -0.118. The summed E-state index contributed by atoms with van der Waals surface area (Å²) in [6.45, 7) is 7.35. The van der Waals surface area contributed by atoms with Crippen molar-refractivity contribution in [3.8, 4) is 0 Å². The van der Waals surface area contributed by atoms with Crippen molar-refractivity contribution in [2.24, 2.45) is 0 Å². The molecule has 0 radical (unpaired) electrons. The fourth-order valence-electron chi connectivity index (χ4n) is 5.17. The van der Waals surface area contributed by atoms with Crippen LogP contribution in [0.3, 0.4) is 0 Å². The van der Waals surface area contributed by atoms with Gasteiger partial charge in [-0.15, -0.1) is 0 Å². The molecule has 4 nitrogen and oxygen atoms in total. The lowest BCUT2D eigenvalue weighted by molar-refractivity contribution is -0.143. The molecule has 0 spiro atoms. The van der Waals surface area contributed by atoms with E-state index in [2.05, 4.69) is 90.5 Å². The molecule has 4 heteroatoms. The average molecular weight is 471 g/mol. The fourth-order valence-corrected chi connectivity index (χ4v) is 5.17. The van der Waals surface area contributed by atoms with Gasteiger partial charge in [0.2, 0.25) is 0 Å². The standard InChI is InChI=1S/C31H38N2O2/c1-4-26-21-25(16-17-27(26)18-19-30(34)35-5-2)22-32(3)29-15-9-13-28-14-10-20-33(31(28)29)23-24-11-7-6-8-12-24/h6-9,11-13,15-17,21H,4-5,10,14,18-20,22-23H2,1-3H3. The molecule has 0 amide bonds. The molecule has 0 aliphatic carbocycles. The molecule has 184 valence electrons. The van der Waals surface area contributed by atoms with Gasteiger partial charge in [0, 0.05) is 33.1 Å². The van der Waals surface area contributed by atoms with E-state index in [1.807, 2.05) is 6.92 Å². The van der Waals surface area contributed by atoms with Gasteiger partial charge < -0.3 is 14.5 Å². The van der Waals surface area contributed by atoms with Gasteiger partial charge in [-0.1, -0.05) is 67.6 Å². The molecule has 0 atom stereocenters. The van der Waals surface area contributed by atoms with Crippen LogP contribution in [-0.2, 0) is 41.9 Å². The first kappa shape index (κ1) is 24.8. The number of carbonyl (C=O) groups is 1. The van der Waals surface area contributed by atoms with E-state index in [9.17, 15) is 4.79 Å². The number of rotatable bonds is 10. The van der Waals surface area contributed by atoms with Gasteiger partial charge in [-0.3, -0.25) is 4.79 Å². The molecule has 1 heterocycles. The monoisotopic (exact) mass is 470 g/mol. The minimum absolute atomic E-state index is 0.118. The Balaban J connectivity index is 1.52. The highest BCUT2D eigenvalue weighted by Crippen LogP contribution is 2.38. The van der Waals surface area contributed by atoms with Gasteiger partial charge in [-0.25, -0.2) is 0 Å². The largest absolute Gasteiger partial charge is 0.466 e. The first-order valence-electron chi connectivity index (χ1n) is 13.0. The van der Waals surface area contributed by atoms with Crippen LogP contribution < -0.4 is 9.80 Å². The van der Waals surface area contributed by atoms with E-state index < -0.39 is 0 Å². The van der Waals surface area contributed by atoms with Gasteiger partial charge in [-0.2, -0.15) is 0 Å². The molecule has 35 heavy (non-hydrogen) atoms. The van der Waals surface area contributed by atoms with Crippen molar-refractivity contribution >= 4 is 17.3 Å². The van der Waals surface area contributed by atoms with E-state index in [0.717, 1.165) is 38.9 Å². The summed E-state index contributed by atoms with van der Waals surface area (Å²) in [5, 5.41) is 0. The molecule has 4 rings (SSSR count). The van der Waals surface area contributed by atoms with Crippen molar-refractivity contribution in [1.82, 2.24) is 0 Å². The lowest BCUT2D eigenvalue weighted by atomic mass is 9.97. The van der Waals surface area contributed by atoms with Crippen molar-refractivity contribution in [1.29, 1.82) is 0 Å². The first-order chi connectivity index (χ1) is 17.1. The summed E-state index contributed by atoms with van der Waals surface area (Å²) in [6, 6.07) is 24.2. The predicted molar refractivity (Wildman–Crippen MR) is 145 cm³/mol. The third-order valence-electron chi connectivity index (χ3n) is 6.89. The van der Waals surface area contributed by atoms with Crippen LogP contribution in [0, 0.1) is 0 Å². The summed E-state index contributed by atoms with van der Waals surface area (Å²) >= 11 is 0. The SMILES string of the molecule is CCOC(=O)CCc1ccc(CN(C)c2cccc3c2N(Cc2ccccc2)CCC3)cc1CC. The Hall–Kier alpha value is -3.27. The molecule has 0 unspecified atom stereocenters. The maximum Gasteiger partial charge on any atom is 0.306 e. The van der Waals surface area contributed by atoms with Crippen molar-refractivity contribution in [2.45, 2.75) is 59.0 Å². The molecule has 1 aliphatic rings. The average Bonchev–Trinajstić information content (AvgIpc) is 2.88. The number of ether oxygens (including phenoxy) is 1. The smallest absolute Gasteiger partial charge is 0.306 e. The third-order valence-corrected chi connectivity index (χ3v) is 6.89. The molecule has 0 fully saturated rings. The van der Waals surface area contributed by atoms with Crippen LogP contribution in [0.2, 0.25) is 0 Å². The van der Waals surface area contributed by atoms with E-state index in [1.165, 1.54) is 45.6 Å². The summed E-state index contributed by atoms with van der Waals surface area (Å²) < 4.78 is 5.10. The Morgan fingerprint density at radius 3 is 2.57 bits per heavy atom. The number of esters is 1. The third kappa shape index (κ3) is 6.25. The zero-order chi connectivity index (χ0) is 24.6. The molecule has 0 saturated carbocycles. The Morgan fingerprint density at radius 1 is 0.971 bits per heavy atom. The van der Waals surface area contributed by atoms with Crippen LogP contribution >= 0.6 is 0 Å². The van der Waals surface area contributed by atoms with E-state index in [4.69, 9.17) is 4.74 Å². The number of para-hydroxylation sites is 1. The summed E-state index contributed by atoms with van der Waals surface area (Å²) in [5.41, 5.74) is 9.34. The summed E-state index contributed by atoms with van der Waals surface area (Å²) in [7, 11) is 2.20. The Morgan fingerprint density at radius 2 is 1.80 bits per heavy atom. The highest BCUT2D eigenvalue weighted by molar-refractivity contribution is 5.76. The number of fused-ring (bicyclic) bond motifs is 1. The zero-order valence-electron chi connectivity index (χ0n) is 21.4. The van der Waals surface area contributed by atoms with Crippen LogP contribution in [0.4, 0.5) is 11.4 Å². The molecule has 0 bridgehead atoms. The number of benzene rings is 3. The van der Waals surface area contributed by atoms with Crippen molar-refractivity contribution in [2.75, 3.05) is 30.0 Å². The second-order valence-corrected chi connectivity index (χ2v) is 9.41. The Labute approximate surface area is 210 Å². The number of hydrogen-bond acceptors (Lipinski definition) is 4. The van der Waals surface area contributed by atoms with Crippen LogP contribution in [-0.4, -0.2) is 26.2 Å². The molecular weight excluding hydrogens is 432 g/mol. The minimum atomic E-state index is -0.118. The molecule has 3 aromatic rings. The van der Waals surface area contributed by atoms with Crippen molar-refractivity contribution in [3.05, 3.63) is 94.5 Å². The quantitative estimate of drug-likeness (QED) is 0.324. The highest BCUT2D eigenvalue weighted by atomic mass is 16.5. The molecule has 1 aliphatic heterocycles. The number of aryl methyl sites for hydroxylation is 3. The van der Waals surface area contributed by atoms with Gasteiger partial charge in [0.15, 0.2) is 0 Å². The van der Waals surface area contributed by atoms with Crippen LogP contribution in [0.15, 0.2) is 66.7 Å². The van der Waals surface area contributed by atoms with Gasteiger partial charge >= 0.3 is 5.97 Å².